The highest BCUT2D eigenvalue weighted by molar-refractivity contribution is 7.99. The molecule has 1 aliphatic rings. The van der Waals surface area contributed by atoms with Gasteiger partial charge in [-0.1, -0.05) is 0 Å². The molecule has 22 heavy (non-hydrogen) atoms. The molecular weight excluding hydrogens is 316 g/mol. The first kappa shape index (κ1) is 15.6. The average Bonchev–Trinajstić information content (AvgIpc) is 3.20. The summed E-state index contributed by atoms with van der Waals surface area (Å²) in [6, 6.07) is 5.94. The van der Waals surface area contributed by atoms with Crippen molar-refractivity contribution in [3.63, 3.8) is 0 Å². The second-order valence-corrected chi connectivity index (χ2v) is 7.51. The quantitative estimate of drug-likeness (QED) is 0.911. The van der Waals surface area contributed by atoms with Crippen molar-refractivity contribution in [1.82, 2.24) is 10.2 Å². The Balaban J connectivity index is 1.66. The molecule has 1 fully saturated rings. The molecule has 2 aromatic rings. The van der Waals surface area contributed by atoms with Crippen LogP contribution in [-0.2, 0) is 0 Å². The van der Waals surface area contributed by atoms with E-state index in [0.717, 1.165) is 40.8 Å². The van der Waals surface area contributed by atoms with Crippen LogP contribution in [0.25, 0.3) is 0 Å². The molecule has 1 aliphatic heterocycles. The summed E-state index contributed by atoms with van der Waals surface area (Å²) in [6.07, 6.45) is 1.70. The van der Waals surface area contributed by atoms with Crippen molar-refractivity contribution >= 4 is 29.0 Å². The van der Waals surface area contributed by atoms with Gasteiger partial charge in [-0.15, -0.1) is 11.3 Å². The maximum absolute atomic E-state index is 12.3. The van der Waals surface area contributed by atoms with E-state index in [2.05, 4.69) is 10.2 Å². The smallest absolute Gasteiger partial charge is 0.261 e. The van der Waals surface area contributed by atoms with E-state index in [1.165, 1.54) is 11.3 Å². The maximum Gasteiger partial charge on any atom is 0.261 e. The molecule has 1 atom stereocenters. The second kappa shape index (κ2) is 7.35. The number of rotatable bonds is 5. The Bertz CT molecular complexity index is 603. The summed E-state index contributed by atoms with van der Waals surface area (Å²) in [4.78, 5) is 15.4. The molecule has 6 heteroatoms. The van der Waals surface area contributed by atoms with Crippen LogP contribution >= 0.6 is 23.1 Å². The van der Waals surface area contributed by atoms with E-state index in [4.69, 9.17) is 4.42 Å². The molecule has 4 nitrogen and oxygen atoms in total. The minimum Gasteiger partial charge on any atom is -0.468 e. The van der Waals surface area contributed by atoms with Crippen molar-refractivity contribution in [2.24, 2.45) is 0 Å². The van der Waals surface area contributed by atoms with Gasteiger partial charge in [-0.3, -0.25) is 9.69 Å². The Morgan fingerprint density at radius 3 is 2.91 bits per heavy atom. The highest BCUT2D eigenvalue weighted by atomic mass is 32.2. The van der Waals surface area contributed by atoms with E-state index in [-0.39, 0.29) is 11.9 Å². The Morgan fingerprint density at radius 2 is 2.27 bits per heavy atom. The van der Waals surface area contributed by atoms with E-state index in [9.17, 15) is 4.79 Å². The first-order chi connectivity index (χ1) is 10.7. The van der Waals surface area contributed by atoms with Crippen LogP contribution in [0.5, 0.6) is 0 Å². The van der Waals surface area contributed by atoms with Crippen LogP contribution in [0.1, 0.15) is 27.0 Å². The lowest BCUT2D eigenvalue weighted by Gasteiger charge is -2.33. The van der Waals surface area contributed by atoms with Gasteiger partial charge in [0, 0.05) is 31.1 Å². The molecule has 0 spiro atoms. The van der Waals surface area contributed by atoms with Gasteiger partial charge < -0.3 is 9.73 Å². The van der Waals surface area contributed by atoms with Crippen LogP contribution in [-0.4, -0.2) is 41.9 Å². The van der Waals surface area contributed by atoms with Gasteiger partial charge in [0.2, 0.25) is 0 Å². The minimum atomic E-state index is 0.000963. The Labute approximate surface area is 138 Å². The number of carbonyl (C=O) groups excluding carboxylic acids is 1. The molecule has 3 rings (SSSR count). The molecule has 2 aromatic heterocycles. The summed E-state index contributed by atoms with van der Waals surface area (Å²) >= 11 is 3.47. The number of carbonyl (C=O) groups is 1. The first-order valence-corrected chi connectivity index (χ1v) is 9.46. The predicted octanol–water partition coefficient (Wildman–Crippen LogP) is 3.17. The zero-order chi connectivity index (χ0) is 15.4. The highest BCUT2D eigenvalue weighted by Gasteiger charge is 2.25. The third-order valence-corrected chi connectivity index (χ3v) is 5.76. The van der Waals surface area contributed by atoms with E-state index in [1.54, 1.807) is 6.26 Å². The number of aryl methyl sites for hydroxylation is 1. The van der Waals surface area contributed by atoms with Crippen molar-refractivity contribution in [3.8, 4) is 0 Å². The zero-order valence-electron chi connectivity index (χ0n) is 12.6. The van der Waals surface area contributed by atoms with E-state index < -0.39 is 0 Å². The second-order valence-electron chi connectivity index (χ2n) is 5.38. The Kier molecular flexibility index (Phi) is 5.23. The number of nitrogens with one attached hydrogen (secondary N) is 1. The fourth-order valence-corrected chi connectivity index (χ4v) is 4.35. The molecule has 118 valence electrons. The van der Waals surface area contributed by atoms with Gasteiger partial charge in [-0.25, -0.2) is 0 Å². The number of thioether (sulfide) groups is 1. The van der Waals surface area contributed by atoms with Crippen molar-refractivity contribution in [1.29, 1.82) is 0 Å². The lowest BCUT2D eigenvalue weighted by atomic mass is 10.1. The Morgan fingerprint density at radius 1 is 1.45 bits per heavy atom. The highest BCUT2D eigenvalue weighted by Crippen LogP contribution is 2.24. The number of amides is 1. The van der Waals surface area contributed by atoms with Crippen LogP contribution in [0.2, 0.25) is 0 Å². The van der Waals surface area contributed by atoms with Gasteiger partial charge >= 0.3 is 0 Å². The molecule has 0 unspecified atom stereocenters. The molecule has 1 N–H and O–H groups in total. The van der Waals surface area contributed by atoms with E-state index in [0.29, 0.717) is 6.54 Å². The number of furan rings is 1. The SMILES string of the molecule is Cc1csc(C(=O)NC[C@H](c2ccco2)N2CCSCC2)c1. The summed E-state index contributed by atoms with van der Waals surface area (Å²) in [5, 5.41) is 5.06. The molecule has 0 bridgehead atoms. The van der Waals surface area contributed by atoms with Gasteiger partial charge in [-0.2, -0.15) is 11.8 Å². The van der Waals surface area contributed by atoms with Crippen molar-refractivity contribution in [2.75, 3.05) is 31.1 Å². The molecule has 1 saturated heterocycles. The average molecular weight is 336 g/mol. The molecule has 0 radical (unpaired) electrons. The molecule has 3 heterocycles. The molecule has 1 amide bonds. The predicted molar refractivity (Wildman–Crippen MR) is 91.7 cm³/mol. The lowest BCUT2D eigenvalue weighted by Crippen LogP contribution is -2.41. The number of hydrogen-bond donors (Lipinski definition) is 1. The van der Waals surface area contributed by atoms with Gasteiger partial charge in [0.1, 0.15) is 5.76 Å². The summed E-state index contributed by atoms with van der Waals surface area (Å²) in [6.45, 7) is 4.65. The number of thiophene rings is 1. The molecular formula is C16H20N2O2S2. The van der Waals surface area contributed by atoms with Crippen molar-refractivity contribution in [3.05, 3.63) is 46.0 Å². The van der Waals surface area contributed by atoms with Crippen molar-refractivity contribution < 1.29 is 9.21 Å². The molecule has 0 saturated carbocycles. The summed E-state index contributed by atoms with van der Waals surface area (Å²) in [5.74, 6) is 3.19. The van der Waals surface area contributed by atoms with Gasteiger partial charge in [0.25, 0.3) is 5.91 Å². The number of hydrogen-bond acceptors (Lipinski definition) is 5. The van der Waals surface area contributed by atoms with Gasteiger partial charge in [0.05, 0.1) is 17.2 Å². The molecule has 0 aliphatic carbocycles. The summed E-state index contributed by atoms with van der Waals surface area (Å²) in [5.41, 5.74) is 1.13. The normalized spacial score (nSPS) is 17.3. The van der Waals surface area contributed by atoms with Crippen LogP contribution in [0.15, 0.2) is 34.3 Å². The zero-order valence-corrected chi connectivity index (χ0v) is 14.2. The monoisotopic (exact) mass is 336 g/mol. The Hall–Kier alpha value is -1.24. The lowest BCUT2D eigenvalue weighted by molar-refractivity contribution is 0.0933. The minimum absolute atomic E-state index is 0.000963. The van der Waals surface area contributed by atoms with E-state index >= 15 is 0 Å². The van der Waals surface area contributed by atoms with Crippen LogP contribution in [0.3, 0.4) is 0 Å². The molecule has 0 aromatic carbocycles. The maximum atomic E-state index is 12.3. The summed E-state index contributed by atoms with van der Waals surface area (Å²) < 4.78 is 5.59. The fourth-order valence-electron chi connectivity index (χ4n) is 2.61. The standard InChI is InChI=1S/C16H20N2O2S2/c1-12-9-15(22-11-12)16(19)17-10-13(14-3-2-6-20-14)18-4-7-21-8-5-18/h2-3,6,9,11,13H,4-5,7-8,10H2,1H3,(H,17,19)/t13-/m1/s1. The van der Waals surface area contributed by atoms with Gasteiger partial charge in [-0.05, 0) is 36.1 Å². The topological polar surface area (TPSA) is 45.5 Å². The summed E-state index contributed by atoms with van der Waals surface area (Å²) in [7, 11) is 0. The van der Waals surface area contributed by atoms with Crippen molar-refractivity contribution in [2.45, 2.75) is 13.0 Å². The third kappa shape index (κ3) is 3.74. The third-order valence-electron chi connectivity index (χ3n) is 3.77. The van der Waals surface area contributed by atoms with E-state index in [1.807, 2.05) is 42.3 Å². The van der Waals surface area contributed by atoms with Gasteiger partial charge in [0.15, 0.2) is 0 Å². The van der Waals surface area contributed by atoms with Crippen LogP contribution in [0, 0.1) is 6.92 Å². The number of nitrogens with zero attached hydrogens (tertiary/aromatic N) is 1. The first-order valence-electron chi connectivity index (χ1n) is 7.42. The largest absolute Gasteiger partial charge is 0.468 e. The van der Waals surface area contributed by atoms with Crippen LogP contribution < -0.4 is 5.32 Å². The fraction of sp³-hybridized carbons (Fsp3) is 0.438. The van der Waals surface area contributed by atoms with Crippen LogP contribution in [0.4, 0.5) is 0 Å².